The molecule has 0 aromatic carbocycles. The van der Waals surface area contributed by atoms with Crippen molar-refractivity contribution in [1.82, 2.24) is 0 Å². The summed E-state index contributed by atoms with van der Waals surface area (Å²) < 4.78 is 14.2. The zero-order valence-electron chi connectivity index (χ0n) is 14.3. The standard InChI is InChI=1S/C17H28O6/c1-21-16(20)11-9-7-5-4-6-8-10-14(18)12-13-15(19)17(22-2)23-3/h12-13,17H,4-11H2,1-3H3/b13-12-. The Labute approximate surface area is 138 Å². The summed E-state index contributed by atoms with van der Waals surface area (Å²) in [5.74, 6) is -0.620. The summed E-state index contributed by atoms with van der Waals surface area (Å²) in [5.41, 5.74) is 0. The van der Waals surface area contributed by atoms with E-state index in [4.69, 9.17) is 9.47 Å². The third-order valence-corrected chi connectivity index (χ3v) is 3.38. The van der Waals surface area contributed by atoms with Gasteiger partial charge in [-0.1, -0.05) is 25.7 Å². The van der Waals surface area contributed by atoms with Crippen molar-refractivity contribution in [3.63, 3.8) is 0 Å². The molecule has 6 nitrogen and oxygen atoms in total. The lowest BCUT2D eigenvalue weighted by atomic mass is 10.1. The van der Waals surface area contributed by atoms with Crippen LogP contribution in [0, 0.1) is 0 Å². The molecule has 0 saturated carbocycles. The van der Waals surface area contributed by atoms with Gasteiger partial charge >= 0.3 is 5.97 Å². The fraction of sp³-hybridized carbons (Fsp3) is 0.706. The predicted octanol–water partition coefficient (Wildman–Crippen LogP) is 2.59. The van der Waals surface area contributed by atoms with Gasteiger partial charge in [0.25, 0.3) is 0 Å². The van der Waals surface area contributed by atoms with E-state index in [9.17, 15) is 14.4 Å². The molecule has 23 heavy (non-hydrogen) atoms. The minimum absolute atomic E-state index is 0.0741. The van der Waals surface area contributed by atoms with E-state index in [-0.39, 0.29) is 17.5 Å². The Morgan fingerprint density at radius 3 is 1.83 bits per heavy atom. The number of carbonyl (C=O) groups excluding carboxylic acids is 3. The van der Waals surface area contributed by atoms with Gasteiger partial charge in [-0.3, -0.25) is 14.4 Å². The van der Waals surface area contributed by atoms with E-state index in [1.165, 1.54) is 33.5 Å². The normalized spacial score (nSPS) is 11.1. The number of hydrogen-bond donors (Lipinski definition) is 0. The van der Waals surface area contributed by atoms with Crippen LogP contribution in [0.2, 0.25) is 0 Å². The van der Waals surface area contributed by atoms with E-state index in [1.807, 2.05) is 0 Å². The highest BCUT2D eigenvalue weighted by Crippen LogP contribution is 2.09. The number of allylic oxidation sites excluding steroid dienone is 1. The number of ether oxygens (including phenoxy) is 3. The monoisotopic (exact) mass is 328 g/mol. The van der Waals surface area contributed by atoms with Gasteiger partial charge in [0.05, 0.1) is 7.11 Å². The van der Waals surface area contributed by atoms with E-state index in [1.54, 1.807) is 0 Å². The van der Waals surface area contributed by atoms with E-state index >= 15 is 0 Å². The molecule has 6 heteroatoms. The third-order valence-electron chi connectivity index (χ3n) is 3.38. The van der Waals surface area contributed by atoms with Gasteiger partial charge in [0.15, 0.2) is 5.78 Å². The molecule has 0 bridgehead atoms. The average molecular weight is 328 g/mol. The van der Waals surface area contributed by atoms with E-state index in [0.717, 1.165) is 38.5 Å². The maximum atomic E-state index is 11.6. The molecule has 0 heterocycles. The van der Waals surface area contributed by atoms with Crippen molar-refractivity contribution in [1.29, 1.82) is 0 Å². The third kappa shape index (κ3) is 11.7. The van der Waals surface area contributed by atoms with Gasteiger partial charge in [0.2, 0.25) is 12.1 Å². The molecule has 0 spiro atoms. The smallest absolute Gasteiger partial charge is 0.305 e. The second-order valence-corrected chi connectivity index (χ2v) is 5.20. The molecule has 0 aliphatic heterocycles. The highest BCUT2D eigenvalue weighted by atomic mass is 16.7. The largest absolute Gasteiger partial charge is 0.469 e. The quantitative estimate of drug-likeness (QED) is 0.211. The first-order valence-corrected chi connectivity index (χ1v) is 7.92. The summed E-state index contributed by atoms with van der Waals surface area (Å²) in [6.07, 6.45) is 8.10. The van der Waals surface area contributed by atoms with Gasteiger partial charge in [-0.15, -0.1) is 0 Å². The Balaban J connectivity index is 3.64. The molecule has 0 atom stereocenters. The van der Waals surface area contributed by atoms with Crippen molar-refractivity contribution in [2.24, 2.45) is 0 Å². The minimum atomic E-state index is -0.955. The van der Waals surface area contributed by atoms with Crippen LogP contribution >= 0.6 is 0 Å². The first kappa shape index (κ1) is 21.5. The summed E-state index contributed by atoms with van der Waals surface area (Å²) in [6, 6.07) is 0. The lowest BCUT2D eigenvalue weighted by Gasteiger charge is -2.08. The van der Waals surface area contributed by atoms with Crippen LogP contribution in [0.4, 0.5) is 0 Å². The second kappa shape index (κ2) is 14.1. The number of methoxy groups -OCH3 is 3. The molecule has 0 amide bonds. The van der Waals surface area contributed by atoms with Crippen molar-refractivity contribution in [2.75, 3.05) is 21.3 Å². The van der Waals surface area contributed by atoms with Crippen LogP contribution in [-0.4, -0.2) is 45.2 Å². The number of rotatable bonds is 14. The summed E-state index contributed by atoms with van der Waals surface area (Å²) >= 11 is 0. The van der Waals surface area contributed by atoms with E-state index in [2.05, 4.69) is 4.74 Å². The van der Waals surface area contributed by atoms with Crippen molar-refractivity contribution < 1.29 is 28.6 Å². The van der Waals surface area contributed by atoms with Crippen molar-refractivity contribution >= 4 is 17.5 Å². The summed E-state index contributed by atoms with van der Waals surface area (Å²) in [4.78, 5) is 34.1. The van der Waals surface area contributed by atoms with Crippen LogP contribution in [-0.2, 0) is 28.6 Å². The molecule has 0 saturated heterocycles. The molecule has 0 unspecified atom stereocenters. The van der Waals surface area contributed by atoms with Crippen molar-refractivity contribution in [3.8, 4) is 0 Å². The van der Waals surface area contributed by atoms with Crippen molar-refractivity contribution in [2.45, 2.75) is 57.7 Å². The predicted molar refractivity (Wildman–Crippen MR) is 85.9 cm³/mol. The highest BCUT2D eigenvalue weighted by molar-refractivity contribution is 6.00. The lowest BCUT2D eigenvalue weighted by Crippen LogP contribution is -2.23. The Morgan fingerprint density at radius 1 is 0.783 bits per heavy atom. The maximum absolute atomic E-state index is 11.6. The van der Waals surface area contributed by atoms with Gasteiger partial charge in [-0.2, -0.15) is 0 Å². The fourth-order valence-corrected chi connectivity index (χ4v) is 2.04. The number of carbonyl (C=O) groups is 3. The molecule has 0 aromatic heterocycles. The fourth-order valence-electron chi connectivity index (χ4n) is 2.04. The first-order valence-electron chi connectivity index (χ1n) is 7.92. The van der Waals surface area contributed by atoms with Gasteiger partial charge in [0, 0.05) is 27.1 Å². The number of hydrogen-bond acceptors (Lipinski definition) is 6. The summed E-state index contributed by atoms with van der Waals surface area (Å²) in [6.45, 7) is 0. The molecule has 0 aromatic rings. The SMILES string of the molecule is COC(=O)CCCCCCCCC(=O)/C=C\C(=O)C(OC)OC. The Hall–Kier alpha value is -1.53. The Bertz CT molecular complexity index is 385. The first-order chi connectivity index (χ1) is 11.0. The van der Waals surface area contributed by atoms with Crippen LogP contribution in [0.15, 0.2) is 12.2 Å². The lowest BCUT2D eigenvalue weighted by molar-refractivity contribution is -0.151. The molecule has 0 aliphatic rings. The minimum Gasteiger partial charge on any atom is -0.469 e. The topological polar surface area (TPSA) is 78.9 Å². The molecule has 0 N–H and O–H groups in total. The van der Waals surface area contributed by atoms with E-state index in [0.29, 0.717) is 12.8 Å². The number of esters is 1. The van der Waals surface area contributed by atoms with Crippen LogP contribution in [0.5, 0.6) is 0 Å². The van der Waals surface area contributed by atoms with Gasteiger partial charge < -0.3 is 14.2 Å². The molecular weight excluding hydrogens is 300 g/mol. The number of ketones is 2. The molecule has 0 rings (SSSR count). The summed E-state index contributed by atoms with van der Waals surface area (Å²) in [7, 11) is 4.13. The molecule has 132 valence electrons. The number of unbranched alkanes of at least 4 members (excludes halogenated alkanes) is 5. The van der Waals surface area contributed by atoms with Gasteiger partial charge in [-0.25, -0.2) is 0 Å². The van der Waals surface area contributed by atoms with Gasteiger partial charge in [0.1, 0.15) is 0 Å². The van der Waals surface area contributed by atoms with Crippen LogP contribution in [0.1, 0.15) is 51.4 Å². The molecular formula is C17H28O6. The second-order valence-electron chi connectivity index (χ2n) is 5.20. The zero-order chi connectivity index (χ0) is 17.5. The Morgan fingerprint density at radius 2 is 1.30 bits per heavy atom. The molecule has 0 radical (unpaired) electrons. The molecule has 0 fully saturated rings. The van der Waals surface area contributed by atoms with Crippen molar-refractivity contribution in [3.05, 3.63) is 12.2 Å². The zero-order valence-corrected chi connectivity index (χ0v) is 14.3. The van der Waals surface area contributed by atoms with Crippen LogP contribution < -0.4 is 0 Å². The Kier molecular flexibility index (Phi) is 13.2. The van der Waals surface area contributed by atoms with Crippen LogP contribution in [0.3, 0.4) is 0 Å². The summed E-state index contributed by atoms with van der Waals surface area (Å²) in [5, 5.41) is 0. The van der Waals surface area contributed by atoms with E-state index < -0.39 is 6.29 Å². The van der Waals surface area contributed by atoms with Gasteiger partial charge in [-0.05, 0) is 25.0 Å². The van der Waals surface area contributed by atoms with Crippen LogP contribution in [0.25, 0.3) is 0 Å². The highest BCUT2D eigenvalue weighted by Gasteiger charge is 2.13. The maximum Gasteiger partial charge on any atom is 0.305 e. The average Bonchev–Trinajstić information content (AvgIpc) is 2.56. The molecule has 0 aliphatic carbocycles.